The van der Waals surface area contributed by atoms with Crippen molar-refractivity contribution in [3.8, 4) is 0 Å². The lowest BCUT2D eigenvalue weighted by atomic mass is 10.2. The molecular weight excluding hydrogens is 312 g/mol. The van der Waals surface area contributed by atoms with E-state index in [2.05, 4.69) is 12.2 Å². The van der Waals surface area contributed by atoms with E-state index in [1.54, 1.807) is 22.5 Å². The second-order valence-corrected chi connectivity index (χ2v) is 7.89. The first-order chi connectivity index (χ1) is 11.1. The van der Waals surface area contributed by atoms with Crippen LogP contribution < -0.4 is 5.32 Å². The van der Waals surface area contributed by atoms with Gasteiger partial charge in [-0.1, -0.05) is 32.3 Å². The standard InChI is InChI=1S/C17H26N2O3S/c1-2-3-11-18-17(20)15-9-8-10-16(14-15)23(21,22)19-12-6-4-5-7-13-19/h8-10,14H,2-7,11-13H2,1H3,(H,18,20). The Morgan fingerprint density at radius 3 is 2.52 bits per heavy atom. The third-order valence-electron chi connectivity index (χ3n) is 4.11. The van der Waals surface area contributed by atoms with Gasteiger partial charge in [0.1, 0.15) is 0 Å². The normalized spacial score (nSPS) is 16.7. The van der Waals surface area contributed by atoms with Gasteiger partial charge in [0.05, 0.1) is 4.90 Å². The molecule has 1 saturated heterocycles. The summed E-state index contributed by atoms with van der Waals surface area (Å²) in [6, 6.07) is 6.35. The minimum absolute atomic E-state index is 0.211. The van der Waals surface area contributed by atoms with E-state index in [0.717, 1.165) is 38.5 Å². The zero-order valence-corrected chi connectivity index (χ0v) is 14.6. The second kappa shape index (κ2) is 8.45. The van der Waals surface area contributed by atoms with Crippen LogP contribution in [0.25, 0.3) is 0 Å². The molecule has 1 aromatic rings. The molecule has 0 unspecified atom stereocenters. The fraction of sp³-hybridized carbons (Fsp3) is 0.588. The van der Waals surface area contributed by atoms with Crippen LogP contribution in [-0.2, 0) is 10.0 Å². The number of nitrogens with zero attached hydrogens (tertiary/aromatic N) is 1. The molecule has 1 heterocycles. The van der Waals surface area contributed by atoms with E-state index >= 15 is 0 Å². The first-order valence-electron chi connectivity index (χ1n) is 8.44. The Hall–Kier alpha value is -1.40. The van der Waals surface area contributed by atoms with Gasteiger partial charge in [-0.25, -0.2) is 8.42 Å². The summed E-state index contributed by atoms with van der Waals surface area (Å²) in [4.78, 5) is 12.3. The molecule has 0 aromatic heterocycles. The highest BCUT2D eigenvalue weighted by atomic mass is 32.2. The molecular formula is C17H26N2O3S. The van der Waals surface area contributed by atoms with Gasteiger partial charge in [0.2, 0.25) is 10.0 Å². The van der Waals surface area contributed by atoms with Crippen LogP contribution in [0.1, 0.15) is 55.8 Å². The van der Waals surface area contributed by atoms with Crippen molar-refractivity contribution in [1.29, 1.82) is 0 Å². The van der Waals surface area contributed by atoms with Crippen molar-refractivity contribution in [2.24, 2.45) is 0 Å². The molecule has 1 aliphatic heterocycles. The van der Waals surface area contributed by atoms with E-state index < -0.39 is 10.0 Å². The predicted molar refractivity (Wildman–Crippen MR) is 90.9 cm³/mol. The number of carbonyl (C=O) groups is 1. The Kier molecular flexibility index (Phi) is 6.59. The maximum Gasteiger partial charge on any atom is 0.251 e. The summed E-state index contributed by atoms with van der Waals surface area (Å²) < 4.78 is 27.1. The van der Waals surface area contributed by atoms with Crippen LogP contribution in [0.2, 0.25) is 0 Å². The highest BCUT2D eigenvalue weighted by Crippen LogP contribution is 2.21. The molecule has 0 aliphatic carbocycles. The van der Waals surface area contributed by atoms with Crippen molar-refractivity contribution < 1.29 is 13.2 Å². The average molecular weight is 338 g/mol. The molecule has 1 aliphatic rings. The van der Waals surface area contributed by atoms with Gasteiger partial charge in [0, 0.05) is 25.2 Å². The maximum atomic E-state index is 12.8. The van der Waals surface area contributed by atoms with Gasteiger partial charge in [-0.2, -0.15) is 4.31 Å². The molecule has 128 valence electrons. The van der Waals surface area contributed by atoms with Gasteiger partial charge >= 0.3 is 0 Å². The molecule has 6 heteroatoms. The van der Waals surface area contributed by atoms with Crippen molar-refractivity contribution in [2.75, 3.05) is 19.6 Å². The van der Waals surface area contributed by atoms with Crippen LogP contribution in [0.5, 0.6) is 0 Å². The zero-order valence-electron chi connectivity index (χ0n) is 13.8. The maximum absolute atomic E-state index is 12.8. The van der Waals surface area contributed by atoms with Crippen LogP contribution in [0.4, 0.5) is 0 Å². The molecule has 1 amide bonds. The minimum Gasteiger partial charge on any atom is -0.352 e. The molecule has 0 radical (unpaired) electrons. The first-order valence-corrected chi connectivity index (χ1v) is 9.88. The topological polar surface area (TPSA) is 66.5 Å². The monoisotopic (exact) mass is 338 g/mol. The Balaban J connectivity index is 2.15. The van der Waals surface area contributed by atoms with Gasteiger partial charge in [0.25, 0.3) is 5.91 Å². The van der Waals surface area contributed by atoms with Crippen LogP contribution in [0.3, 0.4) is 0 Å². The van der Waals surface area contributed by atoms with E-state index in [4.69, 9.17) is 0 Å². The van der Waals surface area contributed by atoms with Gasteiger partial charge < -0.3 is 5.32 Å². The fourth-order valence-electron chi connectivity index (χ4n) is 2.71. The molecule has 1 fully saturated rings. The Bertz CT molecular complexity index is 620. The van der Waals surface area contributed by atoms with Crippen molar-refractivity contribution in [3.63, 3.8) is 0 Å². The summed E-state index contributed by atoms with van der Waals surface area (Å²) in [5.74, 6) is -0.216. The van der Waals surface area contributed by atoms with Crippen molar-refractivity contribution in [2.45, 2.75) is 50.3 Å². The summed E-state index contributed by atoms with van der Waals surface area (Å²) >= 11 is 0. The SMILES string of the molecule is CCCCNC(=O)c1cccc(S(=O)(=O)N2CCCCCC2)c1. The zero-order chi connectivity index (χ0) is 16.7. The van der Waals surface area contributed by atoms with Crippen molar-refractivity contribution >= 4 is 15.9 Å². The summed E-state index contributed by atoms with van der Waals surface area (Å²) in [5.41, 5.74) is 0.400. The number of rotatable bonds is 6. The van der Waals surface area contributed by atoms with Crippen LogP contribution in [-0.4, -0.2) is 38.3 Å². The third kappa shape index (κ3) is 4.78. The van der Waals surface area contributed by atoms with Gasteiger partial charge in [-0.3, -0.25) is 4.79 Å². The summed E-state index contributed by atoms with van der Waals surface area (Å²) in [6.07, 6.45) is 5.87. The fourth-order valence-corrected chi connectivity index (χ4v) is 4.27. The second-order valence-electron chi connectivity index (χ2n) is 5.96. The molecule has 23 heavy (non-hydrogen) atoms. The Labute approximate surface area is 139 Å². The number of amides is 1. The Morgan fingerprint density at radius 2 is 1.87 bits per heavy atom. The largest absolute Gasteiger partial charge is 0.352 e. The van der Waals surface area contributed by atoms with Crippen molar-refractivity contribution in [3.05, 3.63) is 29.8 Å². The number of benzene rings is 1. The predicted octanol–water partition coefficient (Wildman–Crippen LogP) is 2.78. The van der Waals surface area contributed by atoms with Crippen LogP contribution >= 0.6 is 0 Å². The van der Waals surface area contributed by atoms with Gasteiger partial charge in [-0.05, 0) is 37.5 Å². The molecule has 0 atom stereocenters. The molecule has 0 saturated carbocycles. The number of sulfonamides is 1. The van der Waals surface area contributed by atoms with E-state index in [9.17, 15) is 13.2 Å². The smallest absolute Gasteiger partial charge is 0.251 e. The molecule has 2 rings (SSSR count). The van der Waals surface area contributed by atoms with Crippen LogP contribution in [0.15, 0.2) is 29.2 Å². The number of hydrogen-bond acceptors (Lipinski definition) is 3. The van der Waals surface area contributed by atoms with Gasteiger partial charge in [-0.15, -0.1) is 0 Å². The van der Waals surface area contributed by atoms with E-state index in [1.807, 2.05) is 0 Å². The number of unbranched alkanes of at least 4 members (excludes halogenated alkanes) is 1. The molecule has 1 aromatic carbocycles. The van der Waals surface area contributed by atoms with Crippen molar-refractivity contribution in [1.82, 2.24) is 9.62 Å². The number of nitrogens with one attached hydrogen (secondary N) is 1. The van der Waals surface area contributed by atoms with E-state index in [-0.39, 0.29) is 10.8 Å². The molecule has 0 spiro atoms. The lowest BCUT2D eigenvalue weighted by molar-refractivity contribution is 0.0953. The molecule has 1 N–H and O–H groups in total. The quantitative estimate of drug-likeness (QED) is 0.811. The minimum atomic E-state index is -3.51. The summed E-state index contributed by atoms with van der Waals surface area (Å²) in [7, 11) is -3.51. The lowest BCUT2D eigenvalue weighted by Crippen LogP contribution is -2.32. The van der Waals surface area contributed by atoms with E-state index in [1.165, 1.54) is 6.07 Å². The summed E-state index contributed by atoms with van der Waals surface area (Å²) in [6.45, 7) is 3.80. The lowest BCUT2D eigenvalue weighted by Gasteiger charge is -2.20. The number of hydrogen-bond donors (Lipinski definition) is 1. The summed E-state index contributed by atoms with van der Waals surface area (Å²) in [5, 5.41) is 2.82. The highest BCUT2D eigenvalue weighted by molar-refractivity contribution is 7.89. The molecule has 0 bridgehead atoms. The highest BCUT2D eigenvalue weighted by Gasteiger charge is 2.25. The Morgan fingerprint density at radius 1 is 1.17 bits per heavy atom. The van der Waals surface area contributed by atoms with Crippen LogP contribution in [0, 0.1) is 0 Å². The average Bonchev–Trinajstić information content (AvgIpc) is 2.85. The first kappa shape index (κ1) is 17.9. The molecule has 5 nitrogen and oxygen atoms in total. The van der Waals surface area contributed by atoms with E-state index in [0.29, 0.717) is 25.2 Å². The van der Waals surface area contributed by atoms with Gasteiger partial charge in [0.15, 0.2) is 0 Å². The third-order valence-corrected chi connectivity index (χ3v) is 6.01. The number of carbonyl (C=O) groups excluding carboxylic acids is 1.